The first-order valence-electron chi connectivity index (χ1n) is 15.5. The fourth-order valence-corrected chi connectivity index (χ4v) is 6.91. The number of carbonyl (C=O) groups excluding carboxylic acids is 2. The number of esters is 1. The third-order valence-electron chi connectivity index (χ3n) is 8.01. The Hall–Kier alpha value is -4.40. The summed E-state index contributed by atoms with van der Waals surface area (Å²) in [6, 6.07) is 27.8. The van der Waals surface area contributed by atoms with Crippen LogP contribution in [0.2, 0.25) is 13.1 Å². The molecule has 1 unspecified atom stereocenters. The Morgan fingerprint density at radius 1 is 0.848 bits per heavy atom. The highest BCUT2D eigenvalue weighted by Crippen LogP contribution is 2.46. The minimum absolute atomic E-state index is 0.0858. The van der Waals surface area contributed by atoms with Gasteiger partial charge in [-0.2, -0.15) is 0 Å². The molecule has 1 aliphatic heterocycles. The number of halogens is 2. The lowest BCUT2D eigenvalue weighted by Crippen LogP contribution is -2.55. The standard InChI is InChI=1S/C38H39F2NO4Si/c1-38(2,3)35(45-46(4)5)32(25-11-15-28(39)16-12-25)23-24-33-34(41(36(33)42)30-19-17-29(40)18-20-30)26-13-21-31(22-14-26)44-37(43)27-9-7-6-8-10-27/h6-23,33-35,46H,24H2,1-5H3/t33-,34-,35?/m1/s1. The Labute approximate surface area is 271 Å². The zero-order chi connectivity index (χ0) is 33.0. The van der Waals surface area contributed by atoms with Crippen molar-refractivity contribution < 1.29 is 27.5 Å². The lowest BCUT2D eigenvalue weighted by molar-refractivity contribution is -0.130. The van der Waals surface area contributed by atoms with Crippen molar-refractivity contribution in [2.45, 2.75) is 52.4 Å². The molecule has 1 amide bonds. The van der Waals surface area contributed by atoms with Crippen LogP contribution in [0.25, 0.3) is 5.57 Å². The van der Waals surface area contributed by atoms with Gasteiger partial charge in [-0.3, -0.25) is 4.79 Å². The van der Waals surface area contributed by atoms with Gasteiger partial charge in [-0.05, 0) is 102 Å². The number of rotatable bonds is 10. The summed E-state index contributed by atoms with van der Waals surface area (Å²) in [5, 5.41) is 0. The lowest BCUT2D eigenvalue weighted by atomic mass is 9.77. The summed E-state index contributed by atoms with van der Waals surface area (Å²) in [5.74, 6) is -1.29. The van der Waals surface area contributed by atoms with Gasteiger partial charge in [-0.25, -0.2) is 13.6 Å². The summed E-state index contributed by atoms with van der Waals surface area (Å²) in [7, 11) is -1.48. The largest absolute Gasteiger partial charge is 0.423 e. The molecule has 1 heterocycles. The van der Waals surface area contributed by atoms with E-state index in [2.05, 4.69) is 39.9 Å². The van der Waals surface area contributed by atoms with Crippen molar-refractivity contribution in [2.75, 3.05) is 4.90 Å². The summed E-state index contributed by atoms with van der Waals surface area (Å²) < 4.78 is 39.9. The van der Waals surface area contributed by atoms with E-state index in [1.54, 1.807) is 65.6 Å². The third-order valence-corrected chi connectivity index (χ3v) is 8.82. The molecule has 238 valence electrons. The van der Waals surface area contributed by atoms with E-state index < -0.39 is 20.9 Å². The fourth-order valence-electron chi connectivity index (χ4n) is 5.81. The smallest absolute Gasteiger partial charge is 0.343 e. The van der Waals surface area contributed by atoms with E-state index in [1.165, 1.54) is 24.3 Å². The number of hydrogen-bond acceptors (Lipinski definition) is 4. The molecule has 1 saturated heterocycles. The molecule has 5 nitrogen and oxygen atoms in total. The second kappa shape index (κ2) is 13.9. The van der Waals surface area contributed by atoms with Crippen LogP contribution in [0.15, 0.2) is 109 Å². The number of nitrogens with zero attached hydrogens (tertiary/aromatic N) is 1. The van der Waals surface area contributed by atoms with Gasteiger partial charge in [0.15, 0.2) is 9.04 Å². The minimum atomic E-state index is -1.48. The molecule has 5 rings (SSSR count). The molecule has 46 heavy (non-hydrogen) atoms. The SMILES string of the molecule is C[SiH](C)OC(C(=CC[C@H]1C(=O)N(c2ccc(F)cc2)[C@@H]1c1ccc(OC(=O)c2ccccc2)cc1)c1ccc(F)cc1)C(C)(C)C. The van der Waals surface area contributed by atoms with Crippen molar-refractivity contribution >= 4 is 32.2 Å². The summed E-state index contributed by atoms with van der Waals surface area (Å²) in [4.78, 5) is 28.1. The van der Waals surface area contributed by atoms with E-state index in [1.807, 2.05) is 18.2 Å². The van der Waals surface area contributed by atoms with E-state index in [9.17, 15) is 18.4 Å². The number of ether oxygens (including phenoxy) is 1. The number of carbonyl (C=O) groups is 2. The zero-order valence-corrected chi connectivity index (χ0v) is 27.9. The van der Waals surface area contributed by atoms with Crippen LogP contribution in [-0.4, -0.2) is 27.0 Å². The molecular weight excluding hydrogens is 601 g/mol. The van der Waals surface area contributed by atoms with Crippen molar-refractivity contribution in [1.82, 2.24) is 0 Å². The monoisotopic (exact) mass is 639 g/mol. The van der Waals surface area contributed by atoms with Gasteiger partial charge in [-0.1, -0.05) is 69.3 Å². The van der Waals surface area contributed by atoms with E-state index in [-0.39, 0.29) is 35.1 Å². The third kappa shape index (κ3) is 7.51. The Bertz CT molecular complexity index is 1680. The van der Waals surface area contributed by atoms with Gasteiger partial charge in [0.25, 0.3) is 0 Å². The van der Waals surface area contributed by atoms with Crippen LogP contribution in [-0.2, 0) is 9.22 Å². The summed E-state index contributed by atoms with van der Waals surface area (Å²) in [6.45, 7) is 10.6. The molecule has 0 bridgehead atoms. The summed E-state index contributed by atoms with van der Waals surface area (Å²) >= 11 is 0. The van der Waals surface area contributed by atoms with E-state index in [4.69, 9.17) is 9.16 Å². The van der Waals surface area contributed by atoms with Gasteiger partial charge in [0.1, 0.15) is 17.4 Å². The number of hydrogen-bond donors (Lipinski definition) is 0. The van der Waals surface area contributed by atoms with Crippen molar-refractivity contribution in [1.29, 1.82) is 0 Å². The second-order valence-corrected chi connectivity index (χ2v) is 15.3. The number of anilines is 1. The van der Waals surface area contributed by atoms with Crippen molar-refractivity contribution in [3.63, 3.8) is 0 Å². The Balaban J connectivity index is 1.48. The fraction of sp³-hybridized carbons (Fsp3) is 0.263. The maximum Gasteiger partial charge on any atom is 0.343 e. The Kier molecular flexibility index (Phi) is 9.99. The zero-order valence-electron chi connectivity index (χ0n) is 26.7. The molecule has 4 aromatic carbocycles. The highest BCUT2D eigenvalue weighted by atomic mass is 28.3. The van der Waals surface area contributed by atoms with Crippen LogP contribution in [0.4, 0.5) is 14.5 Å². The van der Waals surface area contributed by atoms with Crippen LogP contribution in [0.5, 0.6) is 5.75 Å². The molecule has 0 aliphatic carbocycles. The topological polar surface area (TPSA) is 55.8 Å². The van der Waals surface area contributed by atoms with Gasteiger partial charge in [0, 0.05) is 5.69 Å². The maximum absolute atomic E-state index is 13.9. The Morgan fingerprint density at radius 2 is 1.43 bits per heavy atom. The van der Waals surface area contributed by atoms with Crippen molar-refractivity contribution in [2.24, 2.45) is 11.3 Å². The van der Waals surface area contributed by atoms with Gasteiger partial charge in [0.2, 0.25) is 5.91 Å². The van der Waals surface area contributed by atoms with E-state index in [0.29, 0.717) is 23.4 Å². The predicted molar refractivity (Wildman–Crippen MR) is 180 cm³/mol. The number of benzene rings is 4. The predicted octanol–water partition coefficient (Wildman–Crippen LogP) is 8.78. The van der Waals surface area contributed by atoms with E-state index >= 15 is 0 Å². The minimum Gasteiger partial charge on any atom is -0.423 e. The highest BCUT2D eigenvalue weighted by molar-refractivity contribution is 6.48. The molecular formula is C38H39F2NO4Si. The molecule has 0 aromatic heterocycles. The Morgan fingerprint density at radius 3 is 2.00 bits per heavy atom. The molecule has 1 aliphatic rings. The van der Waals surface area contributed by atoms with E-state index in [0.717, 1.165) is 16.7 Å². The molecule has 1 fully saturated rings. The molecule has 4 aromatic rings. The van der Waals surface area contributed by atoms with Gasteiger partial charge < -0.3 is 14.1 Å². The first kappa shape index (κ1) is 33.0. The summed E-state index contributed by atoms with van der Waals surface area (Å²) in [6.07, 6.45) is 2.21. The average molecular weight is 640 g/mol. The lowest BCUT2D eigenvalue weighted by Gasteiger charge is -2.47. The number of β-lactam (4-membered cyclic amide) rings is 1. The summed E-state index contributed by atoms with van der Waals surface area (Å²) in [5.41, 5.74) is 3.40. The number of allylic oxidation sites excluding steroid dienone is 1. The molecule has 0 N–H and O–H groups in total. The van der Waals surface area contributed by atoms with Crippen LogP contribution in [0.1, 0.15) is 54.7 Å². The first-order valence-corrected chi connectivity index (χ1v) is 18.3. The molecule has 0 radical (unpaired) electrons. The maximum atomic E-state index is 13.9. The average Bonchev–Trinajstić information content (AvgIpc) is 3.02. The van der Waals surface area contributed by atoms with Crippen LogP contribution >= 0.6 is 0 Å². The second-order valence-electron chi connectivity index (χ2n) is 12.9. The van der Waals surface area contributed by atoms with Crippen molar-refractivity contribution in [3.05, 3.63) is 138 Å². The van der Waals surface area contributed by atoms with Gasteiger partial charge in [-0.15, -0.1) is 0 Å². The highest BCUT2D eigenvalue weighted by Gasteiger charge is 2.48. The molecule has 8 heteroatoms. The molecule has 0 saturated carbocycles. The van der Waals surface area contributed by atoms with Crippen LogP contribution < -0.4 is 9.64 Å². The quantitative estimate of drug-likeness (QED) is 0.0754. The molecule has 3 atom stereocenters. The number of amides is 1. The van der Waals surface area contributed by atoms with Gasteiger partial charge >= 0.3 is 5.97 Å². The van der Waals surface area contributed by atoms with Crippen LogP contribution in [0.3, 0.4) is 0 Å². The van der Waals surface area contributed by atoms with Crippen LogP contribution in [0, 0.1) is 23.0 Å². The normalized spacial score (nSPS) is 17.5. The molecule has 0 spiro atoms. The first-order chi connectivity index (χ1) is 21.9. The van der Waals surface area contributed by atoms with Crippen molar-refractivity contribution in [3.8, 4) is 5.75 Å². The van der Waals surface area contributed by atoms with Gasteiger partial charge in [0.05, 0.1) is 23.6 Å².